The highest BCUT2D eigenvalue weighted by Gasteiger charge is 2.22. The van der Waals surface area contributed by atoms with Crippen LogP contribution in [0.5, 0.6) is 0 Å². The Bertz CT molecular complexity index is 115. The van der Waals surface area contributed by atoms with E-state index in [0.29, 0.717) is 13.0 Å². The predicted octanol–water partition coefficient (Wildman–Crippen LogP) is -0.329. The van der Waals surface area contributed by atoms with Crippen molar-refractivity contribution in [1.82, 2.24) is 5.48 Å². The lowest BCUT2D eigenvalue weighted by Gasteiger charge is -2.18. The molecular weight excluding hydrogens is 122 g/mol. The number of hydrogen-bond acceptors (Lipinski definition) is 4. The molecule has 1 aliphatic rings. The molecule has 0 bridgehead atoms. The lowest BCUT2D eigenvalue weighted by Crippen LogP contribution is -2.39. The summed E-state index contributed by atoms with van der Waals surface area (Å²) in [4.78, 5) is 10.6. The minimum atomic E-state index is -0.501. The molecule has 1 aliphatic heterocycles. The second-order valence-corrected chi connectivity index (χ2v) is 1.99. The van der Waals surface area contributed by atoms with Gasteiger partial charge in [0.05, 0.1) is 6.61 Å². The number of carbonyl (C=O) groups excluding carboxylic acids is 1. The fraction of sp³-hybridized carbons (Fsp3) is 0.800. The quantitative estimate of drug-likeness (QED) is 0.378. The number of hydroxylamine groups is 1. The van der Waals surface area contributed by atoms with E-state index in [2.05, 4.69) is 4.74 Å². The Morgan fingerprint density at radius 1 is 1.78 bits per heavy atom. The molecule has 0 amide bonds. The highest BCUT2D eigenvalue weighted by Crippen LogP contribution is 2.05. The van der Waals surface area contributed by atoms with E-state index in [4.69, 9.17) is 5.21 Å². The van der Waals surface area contributed by atoms with Crippen LogP contribution in [0, 0.1) is 0 Å². The van der Waals surface area contributed by atoms with E-state index in [1.54, 1.807) is 0 Å². The maximum Gasteiger partial charge on any atom is 0.325 e. The molecule has 0 aromatic carbocycles. The Kier molecular flexibility index (Phi) is 2.02. The molecule has 1 heterocycles. The van der Waals surface area contributed by atoms with Gasteiger partial charge in [-0.2, -0.15) is 5.48 Å². The molecule has 0 radical (unpaired) electrons. The molecule has 1 rings (SSSR count). The zero-order valence-corrected chi connectivity index (χ0v) is 4.96. The van der Waals surface area contributed by atoms with Gasteiger partial charge in [0.25, 0.3) is 0 Å². The SMILES string of the molecule is O=C1OCCCC1NO. The lowest BCUT2D eigenvalue weighted by molar-refractivity contribution is -0.153. The van der Waals surface area contributed by atoms with Gasteiger partial charge >= 0.3 is 5.97 Å². The van der Waals surface area contributed by atoms with Crippen LogP contribution in [0.3, 0.4) is 0 Å². The minimum Gasteiger partial charge on any atom is -0.464 e. The molecule has 2 N–H and O–H groups in total. The number of ether oxygens (including phenoxy) is 1. The Labute approximate surface area is 52.8 Å². The summed E-state index contributed by atoms with van der Waals surface area (Å²) in [6, 6.07) is -0.501. The fourth-order valence-electron chi connectivity index (χ4n) is 0.796. The van der Waals surface area contributed by atoms with Gasteiger partial charge in [0.1, 0.15) is 6.04 Å². The van der Waals surface area contributed by atoms with Crippen LogP contribution < -0.4 is 5.48 Å². The zero-order valence-electron chi connectivity index (χ0n) is 4.96. The Hall–Kier alpha value is -0.610. The maximum absolute atomic E-state index is 10.6. The van der Waals surface area contributed by atoms with E-state index in [1.165, 1.54) is 0 Å². The average Bonchev–Trinajstić information content (AvgIpc) is 1.89. The third-order valence-electron chi connectivity index (χ3n) is 1.32. The summed E-state index contributed by atoms with van der Waals surface area (Å²) in [5, 5.41) is 8.31. The molecule has 1 saturated heterocycles. The Morgan fingerprint density at radius 3 is 3.00 bits per heavy atom. The first kappa shape index (κ1) is 6.51. The molecule has 4 heteroatoms. The number of hydrogen-bond donors (Lipinski definition) is 2. The first-order valence-corrected chi connectivity index (χ1v) is 2.91. The van der Waals surface area contributed by atoms with Crippen LogP contribution in [0.2, 0.25) is 0 Å². The van der Waals surface area contributed by atoms with Crippen LogP contribution in [0.15, 0.2) is 0 Å². The van der Waals surface area contributed by atoms with E-state index in [1.807, 2.05) is 5.48 Å². The molecule has 1 atom stereocenters. The maximum atomic E-state index is 10.6. The number of cyclic esters (lactones) is 1. The number of rotatable bonds is 1. The van der Waals surface area contributed by atoms with Gasteiger partial charge in [0.15, 0.2) is 0 Å². The molecule has 0 aromatic rings. The summed E-state index contributed by atoms with van der Waals surface area (Å²) >= 11 is 0. The molecule has 0 saturated carbocycles. The molecule has 9 heavy (non-hydrogen) atoms. The van der Waals surface area contributed by atoms with Crippen molar-refractivity contribution < 1.29 is 14.7 Å². The summed E-state index contributed by atoms with van der Waals surface area (Å²) in [5.74, 6) is -0.358. The summed E-state index contributed by atoms with van der Waals surface area (Å²) in [5.41, 5.74) is 1.88. The summed E-state index contributed by atoms with van der Waals surface area (Å²) in [7, 11) is 0. The topological polar surface area (TPSA) is 58.6 Å². The zero-order chi connectivity index (χ0) is 6.69. The molecule has 0 aliphatic carbocycles. The van der Waals surface area contributed by atoms with Crippen molar-refractivity contribution in [3.63, 3.8) is 0 Å². The van der Waals surface area contributed by atoms with E-state index >= 15 is 0 Å². The first-order chi connectivity index (χ1) is 4.34. The molecule has 1 fully saturated rings. The molecule has 1 unspecified atom stereocenters. The van der Waals surface area contributed by atoms with Crippen LogP contribution in [0.1, 0.15) is 12.8 Å². The van der Waals surface area contributed by atoms with Crippen LogP contribution in [-0.2, 0) is 9.53 Å². The third-order valence-corrected chi connectivity index (χ3v) is 1.32. The van der Waals surface area contributed by atoms with Gasteiger partial charge in [-0.15, -0.1) is 0 Å². The summed E-state index contributed by atoms with van der Waals surface area (Å²) < 4.78 is 4.62. The Morgan fingerprint density at radius 2 is 2.56 bits per heavy atom. The molecule has 0 spiro atoms. The molecule has 52 valence electrons. The van der Waals surface area contributed by atoms with Crippen LogP contribution in [-0.4, -0.2) is 23.8 Å². The van der Waals surface area contributed by atoms with Crippen LogP contribution in [0.25, 0.3) is 0 Å². The van der Waals surface area contributed by atoms with Gasteiger partial charge in [0.2, 0.25) is 0 Å². The summed E-state index contributed by atoms with van der Waals surface area (Å²) in [6.07, 6.45) is 1.49. The lowest BCUT2D eigenvalue weighted by atomic mass is 10.1. The number of carbonyl (C=O) groups is 1. The number of esters is 1. The smallest absolute Gasteiger partial charge is 0.325 e. The second-order valence-electron chi connectivity index (χ2n) is 1.99. The van der Waals surface area contributed by atoms with Gasteiger partial charge in [-0.25, -0.2) is 0 Å². The van der Waals surface area contributed by atoms with Crippen molar-refractivity contribution in [2.75, 3.05) is 6.61 Å². The molecular formula is C5H9NO3. The third kappa shape index (κ3) is 1.40. The van der Waals surface area contributed by atoms with Crippen molar-refractivity contribution in [3.05, 3.63) is 0 Å². The van der Waals surface area contributed by atoms with E-state index in [0.717, 1.165) is 6.42 Å². The van der Waals surface area contributed by atoms with Crippen molar-refractivity contribution in [1.29, 1.82) is 0 Å². The normalized spacial score (nSPS) is 27.7. The van der Waals surface area contributed by atoms with Gasteiger partial charge in [-0.05, 0) is 12.8 Å². The summed E-state index contributed by atoms with van der Waals surface area (Å²) in [6.45, 7) is 0.483. The van der Waals surface area contributed by atoms with Crippen molar-refractivity contribution in [2.45, 2.75) is 18.9 Å². The average molecular weight is 131 g/mol. The van der Waals surface area contributed by atoms with E-state index in [9.17, 15) is 4.79 Å². The van der Waals surface area contributed by atoms with E-state index < -0.39 is 6.04 Å². The largest absolute Gasteiger partial charge is 0.464 e. The van der Waals surface area contributed by atoms with E-state index in [-0.39, 0.29) is 5.97 Å². The number of nitrogens with one attached hydrogen (secondary N) is 1. The van der Waals surface area contributed by atoms with Gasteiger partial charge in [-0.3, -0.25) is 4.79 Å². The second kappa shape index (κ2) is 2.80. The fourth-order valence-corrected chi connectivity index (χ4v) is 0.796. The van der Waals surface area contributed by atoms with Gasteiger partial charge < -0.3 is 9.94 Å². The van der Waals surface area contributed by atoms with Crippen molar-refractivity contribution in [2.24, 2.45) is 0 Å². The molecule has 4 nitrogen and oxygen atoms in total. The Balaban J connectivity index is 2.39. The predicted molar refractivity (Wildman–Crippen MR) is 28.9 cm³/mol. The monoisotopic (exact) mass is 131 g/mol. The molecule has 0 aromatic heterocycles. The van der Waals surface area contributed by atoms with Crippen LogP contribution >= 0.6 is 0 Å². The van der Waals surface area contributed by atoms with Crippen molar-refractivity contribution >= 4 is 5.97 Å². The van der Waals surface area contributed by atoms with Gasteiger partial charge in [0, 0.05) is 0 Å². The standard InChI is InChI=1S/C5H9NO3/c7-5-4(6-8)2-1-3-9-5/h4,6,8H,1-3H2. The highest BCUT2D eigenvalue weighted by molar-refractivity contribution is 5.76. The van der Waals surface area contributed by atoms with Gasteiger partial charge in [-0.1, -0.05) is 0 Å². The van der Waals surface area contributed by atoms with Crippen molar-refractivity contribution in [3.8, 4) is 0 Å². The van der Waals surface area contributed by atoms with Crippen LogP contribution in [0.4, 0.5) is 0 Å². The first-order valence-electron chi connectivity index (χ1n) is 2.91. The minimum absolute atomic E-state index is 0.358. The highest BCUT2D eigenvalue weighted by atomic mass is 16.5.